The lowest BCUT2D eigenvalue weighted by Gasteiger charge is -2.11. The summed E-state index contributed by atoms with van der Waals surface area (Å²) in [6.07, 6.45) is 1.58. The van der Waals surface area contributed by atoms with Gasteiger partial charge in [-0.05, 0) is 43.2 Å². The van der Waals surface area contributed by atoms with Crippen molar-refractivity contribution >= 4 is 16.9 Å². The van der Waals surface area contributed by atoms with Gasteiger partial charge in [0.25, 0.3) is 5.91 Å². The highest BCUT2D eigenvalue weighted by molar-refractivity contribution is 5.87. The van der Waals surface area contributed by atoms with Gasteiger partial charge in [0.2, 0.25) is 0 Å². The Kier molecular flexibility index (Phi) is 3.78. The van der Waals surface area contributed by atoms with E-state index in [0.717, 1.165) is 27.9 Å². The van der Waals surface area contributed by atoms with E-state index in [1.807, 2.05) is 56.3 Å². The molecule has 0 saturated heterocycles. The summed E-state index contributed by atoms with van der Waals surface area (Å²) in [5, 5.41) is 0. The van der Waals surface area contributed by atoms with Crippen LogP contribution in [-0.2, 0) is 4.79 Å². The number of imidazole rings is 1. The molecule has 3 rings (SSSR count). The lowest BCUT2D eigenvalue weighted by Crippen LogP contribution is -2.27. The lowest BCUT2D eigenvalue weighted by atomic mass is 10.1. The summed E-state index contributed by atoms with van der Waals surface area (Å²) in [4.78, 5) is 16.3. The van der Waals surface area contributed by atoms with Crippen LogP contribution in [0.4, 0.5) is 0 Å². The number of aromatic nitrogens is 2. The first-order valence-corrected chi connectivity index (χ1v) is 7.05. The summed E-state index contributed by atoms with van der Waals surface area (Å²) in [5.74, 6) is 0.495. The molecule has 2 aromatic carbocycles. The van der Waals surface area contributed by atoms with Crippen molar-refractivity contribution in [1.82, 2.24) is 9.66 Å². The van der Waals surface area contributed by atoms with Crippen molar-refractivity contribution in [2.45, 2.75) is 13.8 Å². The van der Waals surface area contributed by atoms with Crippen molar-refractivity contribution in [3.8, 4) is 5.75 Å². The van der Waals surface area contributed by atoms with E-state index < -0.39 is 0 Å². The maximum absolute atomic E-state index is 12.0. The molecule has 0 fully saturated rings. The highest BCUT2D eigenvalue weighted by Crippen LogP contribution is 2.18. The summed E-state index contributed by atoms with van der Waals surface area (Å²) >= 11 is 0. The predicted octanol–water partition coefficient (Wildman–Crippen LogP) is 2.80. The third-order valence-electron chi connectivity index (χ3n) is 3.40. The molecule has 0 aliphatic heterocycles. The van der Waals surface area contributed by atoms with Crippen LogP contribution in [-0.4, -0.2) is 22.2 Å². The maximum Gasteiger partial charge on any atom is 0.276 e. The van der Waals surface area contributed by atoms with Crippen LogP contribution in [0, 0.1) is 13.8 Å². The van der Waals surface area contributed by atoms with Crippen LogP contribution < -0.4 is 10.2 Å². The third kappa shape index (κ3) is 2.93. The summed E-state index contributed by atoms with van der Waals surface area (Å²) in [6.45, 7) is 3.90. The minimum Gasteiger partial charge on any atom is -0.483 e. The van der Waals surface area contributed by atoms with E-state index in [0.29, 0.717) is 0 Å². The van der Waals surface area contributed by atoms with Crippen molar-refractivity contribution in [2.75, 3.05) is 12.0 Å². The lowest BCUT2D eigenvalue weighted by molar-refractivity contribution is -0.119. The van der Waals surface area contributed by atoms with Crippen LogP contribution in [0.15, 0.2) is 48.8 Å². The fourth-order valence-corrected chi connectivity index (χ4v) is 2.22. The number of benzene rings is 2. The average molecular weight is 295 g/mol. The fourth-order valence-electron chi connectivity index (χ4n) is 2.22. The van der Waals surface area contributed by atoms with Gasteiger partial charge in [-0.3, -0.25) is 10.2 Å². The minimum absolute atomic E-state index is 0.0448. The summed E-state index contributed by atoms with van der Waals surface area (Å²) in [5.41, 5.74) is 6.55. The highest BCUT2D eigenvalue weighted by atomic mass is 16.5. The molecule has 0 radical (unpaired) electrons. The molecule has 1 aromatic heterocycles. The molecule has 0 aliphatic rings. The molecule has 3 aromatic rings. The second-order valence-corrected chi connectivity index (χ2v) is 5.20. The van der Waals surface area contributed by atoms with Crippen LogP contribution in [0.25, 0.3) is 11.0 Å². The van der Waals surface area contributed by atoms with E-state index >= 15 is 0 Å². The number of para-hydroxylation sites is 2. The molecule has 5 nitrogen and oxygen atoms in total. The molecule has 0 atom stereocenters. The van der Waals surface area contributed by atoms with Crippen LogP contribution in [0.5, 0.6) is 5.75 Å². The van der Waals surface area contributed by atoms with E-state index in [4.69, 9.17) is 4.74 Å². The van der Waals surface area contributed by atoms with Gasteiger partial charge < -0.3 is 4.74 Å². The fraction of sp³-hybridized carbons (Fsp3) is 0.176. The molecular weight excluding hydrogens is 278 g/mol. The van der Waals surface area contributed by atoms with Gasteiger partial charge in [-0.1, -0.05) is 24.3 Å². The Morgan fingerprint density at radius 2 is 2.05 bits per heavy atom. The molecule has 0 saturated carbocycles. The van der Waals surface area contributed by atoms with Crippen LogP contribution in [0.1, 0.15) is 11.1 Å². The van der Waals surface area contributed by atoms with E-state index in [9.17, 15) is 4.79 Å². The molecule has 0 aliphatic carbocycles. The van der Waals surface area contributed by atoms with Crippen LogP contribution in [0.2, 0.25) is 0 Å². The Morgan fingerprint density at radius 1 is 1.23 bits per heavy atom. The standard InChI is InChI=1S/C17H17N3O2/c1-12-7-8-13(2)16(9-12)22-10-17(21)19-20-11-18-14-5-3-4-6-15(14)20/h3-9,11H,10H2,1-2H3,(H,19,21). The van der Waals surface area contributed by atoms with Crippen molar-refractivity contribution < 1.29 is 9.53 Å². The van der Waals surface area contributed by atoms with Gasteiger partial charge in [0.15, 0.2) is 6.61 Å². The molecule has 5 heteroatoms. The van der Waals surface area contributed by atoms with E-state index in [-0.39, 0.29) is 12.5 Å². The zero-order chi connectivity index (χ0) is 15.5. The second-order valence-electron chi connectivity index (χ2n) is 5.20. The number of nitrogens with zero attached hydrogens (tertiary/aromatic N) is 2. The summed E-state index contributed by atoms with van der Waals surface area (Å²) in [6, 6.07) is 13.5. The molecule has 0 unspecified atom stereocenters. The number of carbonyl (C=O) groups excluding carboxylic acids is 1. The first kappa shape index (κ1) is 14.1. The van der Waals surface area contributed by atoms with Crippen LogP contribution in [0.3, 0.4) is 0 Å². The number of hydrogen-bond acceptors (Lipinski definition) is 3. The monoisotopic (exact) mass is 295 g/mol. The number of ether oxygens (including phenoxy) is 1. The van der Waals surface area contributed by atoms with Gasteiger partial charge in [-0.15, -0.1) is 0 Å². The molecule has 1 N–H and O–H groups in total. The van der Waals surface area contributed by atoms with Gasteiger partial charge in [0, 0.05) is 0 Å². The number of carbonyl (C=O) groups is 1. The SMILES string of the molecule is Cc1ccc(C)c(OCC(=O)Nn2cnc3ccccc32)c1. The maximum atomic E-state index is 12.0. The first-order valence-electron chi connectivity index (χ1n) is 7.05. The quantitative estimate of drug-likeness (QED) is 0.805. The van der Waals surface area contributed by atoms with Gasteiger partial charge >= 0.3 is 0 Å². The topological polar surface area (TPSA) is 56.1 Å². The van der Waals surface area contributed by atoms with Gasteiger partial charge in [0.05, 0.1) is 11.0 Å². The summed E-state index contributed by atoms with van der Waals surface area (Å²) < 4.78 is 7.20. The largest absolute Gasteiger partial charge is 0.483 e. The first-order chi connectivity index (χ1) is 10.6. The summed E-state index contributed by atoms with van der Waals surface area (Å²) in [7, 11) is 0. The van der Waals surface area contributed by atoms with E-state index in [1.54, 1.807) is 11.0 Å². The Bertz CT molecular complexity index is 824. The molecule has 0 bridgehead atoms. The number of rotatable bonds is 4. The molecule has 0 spiro atoms. The number of fused-ring (bicyclic) bond motifs is 1. The van der Waals surface area contributed by atoms with Crippen molar-refractivity contribution in [1.29, 1.82) is 0 Å². The van der Waals surface area contributed by atoms with Crippen molar-refractivity contribution in [2.24, 2.45) is 0 Å². The van der Waals surface area contributed by atoms with Gasteiger partial charge in [-0.2, -0.15) is 0 Å². The second kappa shape index (κ2) is 5.89. The highest BCUT2D eigenvalue weighted by Gasteiger charge is 2.08. The van der Waals surface area contributed by atoms with E-state index in [2.05, 4.69) is 10.4 Å². The Labute approximate surface area is 128 Å². The number of hydrogen-bond donors (Lipinski definition) is 1. The van der Waals surface area contributed by atoms with Crippen molar-refractivity contribution in [3.63, 3.8) is 0 Å². The van der Waals surface area contributed by atoms with Crippen molar-refractivity contribution in [3.05, 3.63) is 59.9 Å². The minimum atomic E-state index is -0.232. The molecule has 1 amide bonds. The number of nitrogens with one attached hydrogen (secondary N) is 1. The van der Waals surface area contributed by atoms with Gasteiger partial charge in [0.1, 0.15) is 12.1 Å². The zero-order valence-corrected chi connectivity index (χ0v) is 12.5. The normalized spacial score (nSPS) is 10.6. The molecule has 112 valence electrons. The zero-order valence-electron chi connectivity index (χ0n) is 12.5. The molecule has 1 heterocycles. The number of amides is 1. The van der Waals surface area contributed by atoms with E-state index in [1.165, 1.54) is 0 Å². The van der Waals surface area contributed by atoms with Crippen LogP contribution >= 0.6 is 0 Å². The van der Waals surface area contributed by atoms with Gasteiger partial charge in [-0.25, -0.2) is 9.66 Å². The predicted molar refractivity (Wildman–Crippen MR) is 85.5 cm³/mol. The molecular formula is C17H17N3O2. The Balaban J connectivity index is 1.67. The molecule has 22 heavy (non-hydrogen) atoms. The number of aryl methyl sites for hydroxylation is 2. The average Bonchev–Trinajstić information content (AvgIpc) is 2.91. The Morgan fingerprint density at radius 3 is 2.91 bits per heavy atom. The smallest absolute Gasteiger partial charge is 0.276 e. The third-order valence-corrected chi connectivity index (χ3v) is 3.40. The Hall–Kier alpha value is -2.82.